The first-order chi connectivity index (χ1) is 9.04. The fraction of sp³-hybridized carbons (Fsp3) is 0.600. The first-order valence-electron chi connectivity index (χ1n) is 6.71. The summed E-state index contributed by atoms with van der Waals surface area (Å²) in [5, 5.41) is 13.4. The van der Waals surface area contributed by atoms with E-state index in [4.69, 9.17) is 4.84 Å². The maximum atomic E-state index is 10.3. The molecular formula is C15H27N3O2. The Morgan fingerprint density at radius 3 is 1.95 bits per heavy atom. The van der Waals surface area contributed by atoms with E-state index >= 15 is 0 Å². The highest BCUT2D eigenvalue weighted by atomic mass is 16.7. The Kier molecular flexibility index (Phi) is 4.56. The van der Waals surface area contributed by atoms with Gasteiger partial charge >= 0.3 is 0 Å². The molecule has 0 atom stereocenters. The Morgan fingerprint density at radius 1 is 1.10 bits per heavy atom. The van der Waals surface area contributed by atoms with Crippen LogP contribution in [0.5, 0.6) is 0 Å². The molecule has 0 spiro atoms. The van der Waals surface area contributed by atoms with Crippen LogP contribution in [-0.2, 0) is 4.84 Å². The number of hydrogen-bond donors (Lipinski definition) is 1. The molecule has 0 unspecified atom stereocenters. The molecule has 0 aliphatic heterocycles. The van der Waals surface area contributed by atoms with E-state index in [1.54, 1.807) is 22.9 Å². The molecule has 1 heterocycles. The summed E-state index contributed by atoms with van der Waals surface area (Å²) < 4.78 is 1.81. The van der Waals surface area contributed by atoms with Gasteiger partial charge in [-0.25, -0.2) is 10.1 Å². The fourth-order valence-electron chi connectivity index (χ4n) is 2.01. The molecule has 1 N–H and O–H groups in total. The van der Waals surface area contributed by atoms with Crippen LogP contribution in [0.15, 0.2) is 18.7 Å². The summed E-state index contributed by atoms with van der Waals surface area (Å²) in [5.74, 6) is 1.46. The maximum absolute atomic E-state index is 10.3. The van der Waals surface area contributed by atoms with Crippen LogP contribution < -0.4 is 10.1 Å². The first kappa shape index (κ1) is 16.6. The van der Waals surface area contributed by atoms with Crippen LogP contribution in [-0.4, -0.2) is 28.0 Å². The van der Waals surface area contributed by atoms with Crippen LogP contribution in [0.3, 0.4) is 0 Å². The lowest BCUT2D eigenvalue weighted by molar-refractivity contribution is 0.111. The van der Waals surface area contributed by atoms with E-state index in [0.29, 0.717) is 5.82 Å². The molecule has 0 aliphatic carbocycles. The zero-order valence-electron chi connectivity index (χ0n) is 13.6. The molecule has 0 amide bonds. The van der Waals surface area contributed by atoms with Crippen molar-refractivity contribution in [3.8, 4) is 0 Å². The van der Waals surface area contributed by atoms with Crippen LogP contribution in [0.4, 0.5) is 11.6 Å². The second-order valence-electron chi connectivity index (χ2n) is 6.73. The molecule has 114 valence electrons. The van der Waals surface area contributed by atoms with Crippen LogP contribution in [0.2, 0.25) is 0 Å². The summed E-state index contributed by atoms with van der Waals surface area (Å²) >= 11 is 0. The highest BCUT2D eigenvalue weighted by Crippen LogP contribution is 2.32. The summed E-state index contributed by atoms with van der Waals surface area (Å²) in [6, 6.07) is 3.75. The van der Waals surface area contributed by atoms with E-state index in [0.717, 1.165) is 5.82 Å². The van der Waals surface area contributed by atoms with E-state index in [9.17, 15) is 5.21 Å². The quantitative estimate of drug-likeness (QED) is 0.853. The molecule has 1 aromatic heterocycles. The SMILES string of the molecule is C=Cn1c(N(O)C(C)(C)C)ccc1N(OC)C(C)(C)C. The largest absolute Gasteiger partial charge is 0.287 e. The standard InChI is InChI=1S/C15H27N3O2/c1-9-16-12(17(19)14(2,3)4)10-11-13(16)18(20-8)15(5,6)7/h9-11,19H,1H2,2-8H3. The lowest BCUT2D eigenvalue weighted by atomic mass is 10.1. The van der Waals surface area contributed by atoms with Gasteiger partial charge in [0.05, 0.1) is 18.2 Å². The molecular weight excluding hydrogens is 254 g/mol. The second kappa shape index (κ2) is 5.50. The zero-order chi connectivity index (χ0) is 15.7. The first-order valence-corrected chi connectivity index (χ1v) is 6.71. The summed E-state index contributed by atoms with van der Waals surface area (Å²) in [6.07, 6.45) is 1.66. The third-order valence-electron chi connectivity index (χ3n) is 2.91. The number of nitrogens with zero attached hydrogens (tertiary/aromatic N) is 3. The van der Waals surface area contributed by atoms with Crippen LogP contribution in [0.25, 0.3) is 6.20 Å². The molecule has 5 heteroatoms. The van der Waals surface area contributed by atoms with E-state index in [1.165, 1.54) is 5.06 Å². The molecule has 0 radical (unpaired) electrons. The molecule has 0 saturated carbocycles. The van der Waals surface area contributed by atoms with Crippen molar-refractivity contribution >= 4 is 17.8 Å². The Bertz CT molecular complexity index is 466. The zero-order valence-corrected chi connectivity index (χ0v) is 13.6. The number of rotatable bonds is 4. The van der Waals surface area contributed by atoms with Gasteiger partial charge in [0.25, 0.3) is 0 Å². The Morgan fingerprint density at radius 2 is 1.60 bits per heavy atom. The third kappa shape index (κ3) is 3.16. The van der Waals surface area contributed by atoms with Crippen LogP contribution in [0.1, 0.15) is 41.5 Å². The number of aromatic nitrogens is 1. The Labute approximate surface area is 122 Å². The minimum Gasteiger partial charge on any atom is -0.287 e. The Balaban J connectivity index is 3.33. The maximum Gasteiger partial charge on any atom is 0.139 e. The number of hydrogen-bond acceptors (Lipinski definition) is 4. The minimum absolute atomic E-state index is 0.215. The highest BCUT2D eigenvalue weighted by molar-refractivity contribution is 5.59. The molecule has 20 heavy (non-hydrogen) atoms. The van der Waals surface area contributed by atoms with Crippen molar-refractivity contribution in [3.05, 3.63) is 18.7 Å². The molecule has 0 saturated heterocycles. The minimum atomic E-state index is -0.407. The average Bonchev–Trinajstić information content (AvgIpc) is 2.69. The van der Waals surface area contributed by atoms with E-state index in [1.807, 2.05) is 32.9 Å². The van der Waals surface area contributed by atoms with Crippen molar-refractivity contribution in [2.75, 3.05) is 17.2 Å². The van der Waals surface area contributed by atoms with Crippen molar-refractivity contribution in [1.29, 1.82) is 0 Å². The summed E-state index contributed by atoms with van der Waals surface area (Å²) in [4.78, 5) is 5.49. The van der Waals surface area contributed by atoms with E-state index < -0.39 is 5.54 Å². The predicted molar refractivity (Wildman–Crippen MR) is 84.1 cm³/mol. The number of anilines is 2. The van der Waals surface area contributed by atoms with Gasteiger partial charge in [0.2, 0.25) is 0 Å². The molecule has 0 bridgehead atoms. The van der Waals surface area contributed by atoms with Gasteiger partial charge in [-0.3, -0.25) is 14.6 Å². The predicted octanol–water partition coefficient (Wildman–Crippen LogP) is 3.75. The lowest BCUT2D eigenvalue weighted by Gasteiger charge is -2.36. The van der Waals surface area contributed by atoms with E-state index in [-0.39, 0.29) is 5.54 Å². The fourth-order valence-corrected chi connectivity index (χ4v) is 2.01. The monoisotopic (exact) mass is 281 g/mol. The van der Waals surface area contributed by atoms with Crippen molar-refractivity contribution in [3.63, 3.8) is 0 Å². The van der Waals surface area contributed by atoms with Gasteiger partial charge in [-0.05, 0) is 53.7 Å². The summed E-state index contributed by atoms with van der Waals surface area (Å²) in [6.45, 7) is 15.8. The molecule has 1 aromatic rings. The van der Waals surface area contributed by atoms with Crippen molar-refractivity contribution in [2.45, 2.75) is 52.6 Å². The van der Waals surface area contributed by atoms with Crippen molar-refractivity contribution < 1.29 is 10.0 Å². The second-order valence-corrected chi connectivity index (χ2v) is 6.73. The molecule has 0 aliphatic rings. The summed E-state index contributed by atoms with van der Waals surface area (Å²) in [5.41, 5.74) is -0.622. The van der Waals surface area contributed by atoms with Crippen molar-refractivity contribution in [2.24, 2.45) is 0 Å². The normalized spacial score (nSPS) is 12.4. The van der Waals surface area contributed by atoms with Gasteiger partial charge in [0, 0.05) is 6.20 Å². The van der Waals surface area contributed by atoms with Gasteiger partial charge in [0.1, 0.15) is 11.6 Å². The number of hydroxylamine groups is 2. The van der Waals surface area contributed by atoms with Gasteiger partial charge in [-0.15, -0.1) is 0 Å². The van der Waals surface area contributed by atoms with Gasteiger partial charge < -0.3 is 0 Å². The van der Waals surface area contributed by atoms with Crippen LogP contribution in [0, 0.1) is 0 Å². The van der Waals surface area contributed by atoms with E-state index in [2.05, 4.69) is 27.4 Å². The summed E-state index contributed by atoms with van der Waals surface area (Å²) in [7, 11) is 1.63. The van der Waals surface area contributed by atoms with Gasteiger partial charge in [-0.2, -0.15) is 0 Å². The smallest absolute Gasteiger partial charge is 0.139 e. The van der Waals surface area contributed by atoms with Gasteiger partial charge in [-0.1, -0.05) is 6.58 Å². The highest BCUT2D eigenvalue weighted by Gasteiger charge is 2.28. The molecule has 5 nitrogen and oxygen atoms in total. The third-order valence-corrected chi connectivity index (χ3v) is 2.91. The molecule has 0 fully saturated rings. The Hall–Kier alpha value is -1.46. The van der Waals surface area contributed by atoms with Crippen molar-refractivity contribution in [1.82, 2.24) is 4.57 Å². The topological polar surface area (TPSA) is 40.9 Å². The molecule has 1 rings (SSSR count). The lowest BCUT2D eigenvalue weighted by Crippen LogP contribution is -2.42. The molecule has 0 aromatic carbocycles. The van der Waals surface area contributed by atoms with Gasteiger partial charge in [0.15, 0.2) is 0 Å². The average molecular weight is 281 g/mol. The van der Waals surface area contributed by atoms with Crippen LogP contribution >= 0.6 is 0 Å².